The molecule has 0 spiro atoms. The number of carbonyl (C=O) groups excluding carboxylic acids is 1. The van der Waals surface area contributed by atoms with E-state index in [0.717, 1.165) is 31.7 Å². The van der Waals surface area contributed by atoms with Crippen LogP contribution >= 0.6 is 0 Å². The lowest BCUT2D eigenvalue weighted by Gasteiger charge is -2.17. The summed E-state index contributed by atoms with van der Waals surface area (Å²) in [6.45, 7) is 8.03. The molecule has 25 heavy (non-hydrogen) atoms. The van der Waals surface area contributed by atoms with Gasteiger partial charge in [-0.1, -0.05) is 26.0 Å². The second kappa shape index (κ2) is 9.40. The van der Waals surface area contributed by atoms with Crippen LogP contribution in [0.15, 0.2) is 42.7 Å². The fraction of sp³-hybridized carbons (Fsp3) is 0.316. The van der Waals surface area contributed by atoms with E-state index in [0.29, 0.717) is 11.3 Å². The van der Waals surface area contributed by atoms with Gasteiger partial charge in [0.05, 0.1) is 30.1 Å². The van der Waals surface area contributed by atoms with Crippen molar-refractivity contribution in [2.24, 2.45) is 0 Å². The quantitative estimate of drug-likeness (QED) is 0.752. The van der Waals surface area contributed by atoms with Crippen LogP contribution in [0.5, 0.6) is 0 Å². The van der Waals surface area contributed by atoms with Crippen molar-refractivity contribution >= 4 is 17.7 Å². The van der Waals surface area contributed by atoms with Gasteiger partial charge in [-0.2, -0.15) is 10.4 Å². The van der Waals surface area contributed by atoms with Crippen LogP contribution in [0.25, 0.3) is 6.08 Å². The summed E-state index contributed by atoms with van der Waals surface area (Å²) in [7, 11) is 0. The number of rotatable bonds is 8. The smallest absolute Gasteiger partial charge is 0.248 e. The van der Waals surface area contributed by atoms with Crippen LogP contribution in [-0.4, -0.2) is 40.2 Å². The van der Waals surface area contributed by atoms with E-state index in [1.165, 1.54) is 6.08 Å². The van der Waals surface area contributed by atoms with Gasteiger partial charge in [-0.3, -0.25) is 9.48 Å². The Hall–Kier alpha value is -2.91. The molecule has 0 aliphatic carbocycles. The minimum atomic E-state index is -0.215. The lowest BCUT2D eigenvalue weighted by Crippen LogP contribution is -2.27. The van der Waals surface area contributed by atoms with Gasteiger partial charge in [0.2, 0.25) is 5.91 Å². The lowest BCUT2D eigenvalue weighted by molar-refractivity contribution is -0.111. The van der Waals surface area contributed by atoms with E-state index in [1.54, 1.807) is 36.5 Å². The van der Waals surface area contributed by atoms with Gasteiger partial charge in [-0.25, -0.2) is 0 Å². The molecule has 0 atom stereocenters. The molecular formula is C19H23N5O. The summed E-state index contributed by atoms with van der Waals surface area (Å²) in [5.41, 5.74) is 2.14. The zero-order valence-electron chi connectivity index (χ0n) is 14.6. The summed E-state index contributed by atoms with van der Waals surface area (Å²) in [5.74, 6) is -0.215. The number of benzene rings is 1. The number of nitrogens with one attached hydrogen (secondary N) is 1. The number of amides is 1. The topological polar surface area (TPSA) is 73.9 Å². The van der Waals surface area contributed by atoms with Crippen molar-refractivity contribution in [1.82, 2.24) is 14.7 Å². The monoisotopic (exact) mass is 337 g/mol. The van der Waals surface area contributed by atoms with Crippen LogP contribution in [0.2, 0.25) is 0 Å². The number of likely N-dealkylation sites (N-methyl/N-ethyl adjacent to an activating group) is 1. The van der Waals surface area contributed by atoms with Gasteiger partial charge in [0.25, 0.3) is 0 Å². The fourth-order valence-electron chi connectivity index (χ4n) is 2.36. The Kier molecular flexibility index (Phi) is 6.93. The highest BCUT2D eigenvalue weighted by molar-refractivity contribution is 6.01. The van der Waals surface area contributed by atoms with E-state index in [-0.39, 0.29) is 5.91 Å². The van der Waals surface area contributed by atoms with E-state index in [1.807, 2.05) is 10.9 Å². The summed E-state index contributed by atoms with van der Waals surface area (Å²) in [4.78, 5) is 14.3. The predicted molar refractivity (Wildman–Crippen MR) is 98.8 cm³/mol. The summed E-state index contributed by atoms with van der Waals surface area (Å²) in [6, 6.07) is 9.10. The maximum absolute atomic E-state index is 12.0. The number of hydrogen-bond donors (Lipinski definition) is 1. The van der Waals surface area contributed by atoms with Gasteiger partial charge in [-0.15, -0.1) is 0 Å². The standard InChI is InChI=1S/C19H23N5O/c1-3-23(4-2)11-12-24-15-18(14-21-24)22-19(25)10-9-16-5-7-17(13-20)8-6-16/h5-10,14-15H,3-4,11-12H2,1-2H3,(H,22,25)/b10-9-. The van der Waals surface area contributed by atoms with Gasteiger partial charge >= 0.3 is 0 Å². The highest BCUT2D eigenvalue weighted by Gasteiger charge is 2.04. The molecule has 1 amide bonds. The van der Waals surface area contributed by atoms with Crippen LogP contribution in [0.3, 0.4) is 0 Å². The third-order valence-corrected chi connectivity index (χ3v) is 3.91. The van der Waals surface area contributed by atoms with Crippen molar-refractivity contribution in [2.75, 3.05) is 25.0 Å². The first-order valence-electron chi connectivity index (χ1n) is 8.38. The molecule has 0 fully saturated rings. The van der Waals surface area contributed by atoms with Crippen molar-refractivity contribution in [3.8, 4) is 6.07 Å². The number of nitriles is 1. The molecule has 2 aromatic rings. The summed E-state index contributed by atoms with van der Waals surface area (Å²) in [5, 5.41) is 15.8. The molecular weight excluding hydrogens is 314 g/mol. The zero-order chi connectivity index (χ0) is 18.1. The zero-order valence-corrected chi connectivity index (χ0v) is 14.6. The second-order valence-corrected chi connectivity index (χ2v) is 5.58. The van der Waals surface area contributed by atoms with Gasteiger partial charge in [0, 0.05) is 18.8 Å². The molecule has 0 saturated heterocycles. The van der Waals surface area contributed by atoms with Crippen LogP contribution in [0, 0.1) is 11.3 Å². The van der Waals surface area contributed by atoms with Crippen LogP contribution < -0.4 is 5.32 Å². The first-order chi connectivity index (χ1) is 12.1. The van der Waals surface area contributed by atoms with Gasteiger partial charge in [0.1, 0.15) is 0 Å². The molecule has 6 heteroatoms. The first kappa shape index (κ1) is 18.4. The molecule has 130 valence electrons. The molecule has 0 radical (unpaired) electrons. The highest BCUT2D eigenvalue weighted by Crippen LogP contribution is 2.07. The number of anilines is 1. The number of aromatic nitrogens is 2. The molecule has 0 unspecified atom stereocenters. The molecule has 1 heterocycles. The lowest BCUT2D eigenvalue weighted by atomic mass is 10.1. The van der Waals surface area contributed by atoms with E-state index < -0.39 is 0 Å². The Morgan fingerprint density at radius 1 is 1.32 bits per heavy atom. The maximum Gasteiger partial charge on any atom is 0.248 e. The molecule has 0 saturated carbocycles. The Bertz CT molecular complexity index is 751. The molecule has 6 nitrogen and oxygen atoms in total. The third kappa shape index (κ3) is 5.90. The Labute approximate surface area is 148 Å². The fourth-order valence-corrected chi connectivity index (χ4v) is 2.36. The van der Waals surface area contributed by atoms with Gasteiger partial charge < -0.3 is 10.2 Å². The van der Waals surface area contributed by atoms with Crippen LogP contribution in [0.4, 0.5) is 5.69 Å². The normalized spacial score (nSPS) is 11.0. The largest absolute Gasteiger partial charge is 0.320 e. The molecule has 0 aliphatic heterocycles. The van der Waals surface area contributed by atoms with E-state index in [2.05, 4.69) is 35.2 Å². The molecule has 2 rings (SSSR count). The minimum absolute atomic E-state index is 0.215. The molecule has 0 aliphatic rings. The first-order valence-corrected chi connectivity index (χ1v) is 8.38. The van der Waals surface area contributed by atoms with Crippen molar-refractivity contribution in [1.29, 1.82) is 5.26 Å². The second-order valence-electron chi connectivity index (χ2n) is 5.58. The number of carbonyl (C=O) groups is 1. The van der Waals surface area contributed by atoms with Gasteiger partial charge in [0.15, 0.2) is 0 Å². The average Bonchev–Trinajstić information content (AvgIpc) is 3.08. The highest BCUT2D eigenvalue weighted by atomic mass is 16.1. The summed E-state index contributed by atoms with van der Waals surface area (Å²) in [6.07, 6.45) is 6.66. The molecule has 1 aromatic carbocycles. The molecule has 0 bridgehead atoms. The molecule has 1 N–H and O–H groups in total. The number of nitrogens with zero attached hydrogens (tertiary/aromatic N) is 4. The Morgan fingerprint density at radius 3 is 2.68 bits per heavy atom. The van der Waals surface area contributed by atoms with Gasteiger partial charge in [-0.05, 0) is 36.9 Å². The van der Waals surface area contributed by atoms with Crippen LogP contribution in [0.1, 0.15) is 25.0 Å². The Morgan fingerprint density at radius 2 is 2.04 bits per heavy atom. The van der Waals surface area contributed by atoms with Crippen molar-refractivity contribution < 1.29 is 4.79 Å². The van der Waals surface area contributed by atoms with E-state index in [9.17, 15) is 4.79 Å². The van der Waals surface area contributed by atoms with Crippen LogP contribution in [-0.2, 0) is 11.3 Å². The maximum atomic E-state index is 12.0. The number of hydrogen-bond acceptors (Lipinski definition) is 4. The molecule has 1 aromatic heterocycles. The SMILES string of the molecule is CCN(CC)CCn1cc(NC(=O)/C=C\c2ccc(C#N)cc2)cn1. The van der Waals surface area contributed by atoms with E-state index in [4.69, 9.17) is 5.26 Å². The minimum Gasteiger partial charge on any atom is -0.320 e. The van der Waals surface area contributed by atoms with Crippen molar-refractivity contribution in [3.05, 3.63) is 53.9 Å². The average molecular weight is 337 g/mol. The third-order valence-electron chi connectivity index (χ3n) is 3.91. The summed E-state index contributed by atoms with van der Waals surface area (Å²) >= 11 is 0. The summed E-state index contributed by atoms with van der Waals surface area (Å²) < 4.78 is 1.83. The van der Waals surface area contributed by atoms with Crippen molar-refractivity contribution in [3.63, 3.8) is 0 Å². The van der Waals surface area contributed by atoms with Crippen molar-refractivity contribution in [2.45, 2.75) is 20.4 Å². The van der Waals surface area contributed by atoms with E-state index >= 15 is 0 Å². The Balaban J connectivity index is 1.86. The predicted octanol–water partition coefficient (Wildman–Crippen LogP) is 2.75.